The molecule has 0 aliphatic carbocycles. The van der Waals surface area contributed by atoms with E-state index in [2.05, 4.69) is 30.5 Å². The monoisotopic (exact) mass is 237 g/mol. The molecule has 0 aromatic carbocycles. The Bertz CT molecular complexity index is 329. The number of ether oxygens (including phenoxy) is 1. The van der Waals surface area contributed by atoms with E-state index in [1.54, 1.807) is 0 Å². The van der Waals surface area contributed by atoms with Gasteiger partial charge in [-0.2, -0.15) is 5.10 Å². The molecule has 0 amide bonds. The van der Waals surface area contributed by atoms with Crippen LogP contribution in [-0.4, -0.2) is 29.0 Å². The molecule has 1 aliphatic heterocycles. The summed E-state index contributed by atoms with van der Waals surface area (Å²) in [5.74, 6) is 0.740. The Hall–Kier alpha value is -1.03. The summed E-state index contributed by atoms with van der Waals surface area (Å²) in [5, 5.41) is 7.75. The van der Waals surface area contributed by atoms with Crippen LogP contribution in [-0.2, 0) is 11.3 Å². The first-order valence-electron chi connectivity index (χ1n) is 6.62. The summed E-state index contributed by atoms with van der Waals surface area (Å²) in [6, 6.07) is 0. The largest absolute Gasteiger partial charge is 0.383 e. The summed E-state index contributed by atoms with van der Waals surface area (Å²) in [4.78, 5) is 0. The fourth-order valence-electron chi connectivity index (χ4n) is 2.06. The van der Waals surface area contributed by atoms with Gasteiger partial charge in [-0.3, -0.25) is 4.68 Å². The summed E-state index contributed by atoms with van der Waals surface area (Å²) >= 11 is 0. The summed E-state index contributed by atoms with van der Waals surface area (Å²) in [6.07, 6.45) is 7.87. The van der Waals surface area contributed by atoms with Crippen LogP contribution in [0.2, 0.25) is 0 Å². The van der Waals surface area contributed by atoms with Crippen molar-refractivity contribution >= 4 is 5.69 Å². The highest BCUT2D eigenvalue weighted by atomic mass is 16.5. The number of nitrogens with one attached hydrogen (secondary N) is 1. The molecule has 1 fully saturated rings. The second-order valence-corrected chi connectivity index (χ2v) is 5.20. The molecular formula is C13H23N3O. The third-order valence-electron chi connectivity index (χ3n) is 3.10. The third-order valence-corrected chi connectivity index (χ3v) is 3.10. The molecule has 1 aromatic rings. The standard InChI is InChI=1S/C13H23N3O/c1-11(2)5-6-14-12-8-15-16(9-12)10-13-4-3-7-17-13/h8-9,11,13-14H,3-7,10H2,1-2H3. The quantitative estimate of drug-likeness (QED) is 0.826. The van der Waals surface area contributed by atoms with E-state index >= 15 is 0 Å². The van der Waals surface area contributed by atoms with Crippen molar-refractivity contribution in [2.24, 2.45) is 5.92 Å². The van der Waals surface area contributed by atoms with E-state index in [0.29, 0.717) is 6.10 Å². The number of rotatable bonds is 6. The van der Waals surface area contributed by atoms with E-state index in [0.717, 1.165) is 37.7 Å². The van der Waals surface area contributed by atoms with E-state index in [1.807, 2.05) is 10.9 Å². The molecule has 1 aliphatic rings. The van der Waals surface area contributed by atoms with Crippen molar-refractivity contribution < 1.29 is 4.74 Å². The zero-order chi connectivity index (χ0) is 12.1. The maximum Gasteiger partial charge on any atom is 0.0771 e. The average molecular weight is 237 g/mol. The highest BCUT2D eigenvalue weighted by Gasteiger charge is 2.16. The van der Waals surface area contributed by atoms with Crippen LogP contribution >= 0.6 is 0 Å². The normalized spacial score (nSPS) is 20.1. The minimum absolute atomic E-state index is 0.360. The molecule has 1 atom stereocenters. The fraction of sp³-hybridized carbons (Fsp3) is 0.769. The first-order chi connectivity index (χ1) is 8.24. The van der Waals surface area contributed by atoms with Crippen molar-refractivity contribution in [3.8, 4) is 0 Å². The highest BCUT2D eigenvalue weighted by molar-refractivity contribution is 5.37. The van der Waals surface area contributed by atoms with Crippen LogP contribution in [0, 0.1) is 5.92 Å². The molecule has 1 aromatic heterocycles. The number of nitrogens with zero attached hydrogens (tertiary/aromatic N) is 2. The van der Waals surface area contributed by atoms with Gasteiger partial charge in [0.05, 0.1) is 24.5 Å². The molecule has 17 heavy (non-hydrogen) atoms. The minimum Gasteiger partial charge on any atom is -0.383 e. The van der Waals surface area contributed by atoms with Crippen molar-refractivity contribution in [3.05, 3.63) is 12.4 Å². The molecule has 1 saturated heterocycles. The molecule has 0 saturated carbocycles. The lowest BCUT2D eigenvalue weighted by atomic mass is 10.1. The van der Waals surface area contributed by atoms with Crippen molar-refractivity contribution in [2.75, 3.05) is 18.5 Å². The topological polar surface area (TPSA) is 39.1 Å². The van der Waals surface area contributed by atoms with Crippen molar-refractivity contribution in [3.63, 3.8) is 0 Å². The molecule has 4 nitrogen and oxygen atoms in total. The number of hydrogen-bond acceptors (Lipinski definition) is 3. The Morgan fingerprint density at radius 3 is 3.18 bits per heavy atom. The molecule has 1 unspecified atom stereocenters. The molecule has 0 spiro atoms. The fourth-order valence-corrected chi connectivity index (χ4v) is 2.06. The predicted molar refractivity (Wildman–Crippen MR) is 69.1 cm³/mol. The van der Waals surface area contributed by atoms with Crippen LogP contribution in [0.3, 0.4) is 0 Å². The second-order valence-electron chi connectivity index (χ2n) is 5.20. The number of aromatic nitrogens is 2. The molecule has 1 N–H and O–H groups in total. The van der Waals surface area contributed by atoms with Gasteiger partial charge in [0.2, 0.25) is 0 Å². The smallest absolute Gasteiger partial charge is 0.0771 e. The van der Waals surface area contributed by atoms with E-state index in [-0.39, 0.29) is 0 Å². The van der Waals surface area contributed by atoms with Crippen LogP contribution in [0.1, 0.15) is 33.1 Å². The van der Waals surface area contributed by atoms with Gasteiger partial charge in [-0.25, -0.2) is 0 Å². The van der Waals surface area contributed by atoms with Crippen molar-refractivity contribution in [1.29, 1.82) is 0 Å². The molecule has 4 heteroatoms. The third kappa shape index (κ3) is 4.04. The highest BCUT2D eigenvalue weighted by Crippen LogP contribution is 2.15. The van der Waals surface area contributed by atoms with Gasteiger partial charge in [-0.05, 0) is 25.2 Å². The summed E-state index contributed by atoms with van der Waals surface area (Å²) in [7, 11) is 0. The van der Waals surface area contributed by atoms with Crippen LogP contribution in [0.25, 0.3) is 0 Å². The lowest BCUT2D eigenvalue weighted by Crippen LogP contribution is -2.15. The van der Waals surface area contributed by atoms with E-state index in [9.17, 15) is 0 Å². The van der Waals surface area contributed by atoms with Gasteiger partial charge in [-0.1, -0.05) is 13.8 Å². The lowest BCUT2D eigenvalue weighted by Gasteiger charge is -2.08. The van der Waals surface area contributed by atoms with Gasteiger partial charge < -0.3 is 10.1 Å². The molecule has 0 bridgehead atoms. The van der Waals surface area contributed by atoms with Gasteiger partial charge in [-0.15, -0.1) is 0 Å². The first kappa shape index (κ1) is 12.4. The maximum atomic E-state index is 5.60. The Morgan fingerprint density at radius 2 is 2.47 bits per heavy atom. The van der Waals surface area contributed by atoms with Gasteiger partial charge in [0.15, 0.2) is 0 Å². The van der Waals surface area contributed by atoms with Crippen LogP contribution in [0.15, 0.2) is 12.4 Å². The van der Waals surface area contributed by atoms with E-state index in [4.69, 9.17) is 4.74 Å². The predicted octanol–water partition coefficient (Wildman–Crippen LogP) is 2.52. The Morgan fingerprint density at radius 1 is 1.59 bits per heavy atom. The minimum atomic E-state index is 0.360. The van der Waals surface area contributed by atoms with Crippen LogP contribution in [0.4, 0.5) is 5.69 Å². The van der Waals surface area contributed by atoms with Gasteiger partial charge in [0.25, 0.3) is 0 Å². The van der Waals surface area contributed by atoms with E-state index in [1.165, 1.54) is 12.8 Å². The average Bonchev–Trinajstić information content (AvgIpc) is 2.90. The maximum absolute atomic E-state index is 5.60. The Balaban J connectivity index is 1.75. The second kappa shape index (κ2) is 6.05. The zero-order valence-corrected chi connectivity index (χ0v) is 10.9. The Labute approximate surface area is 103 Å². The van der Waals surface area contributed by atoms with Gasteiger partial charge in [0, 0.05) is 19.3 Å². The lowest BCUT2D eigenvalue weighted by molar-refractivity contribution is 0.0940. The molecule has 96 valence electrons. The summed E-state index contributed by atoms with van der Waals surface area (Å²) in [5.41, 5.74) is 1.11. The molecule has 2 rings (SSSR count). The van der Waals surface area contributed by atoms with Crippen molar-refractivity contribution in [2.45, 2.75) is 45.8 Å². The van der Waals surface area contributed by atoms with E-state index < -0.39 is 0 Å². The molecular weight excluding hydrogens is 214 g/mol. The number of anilines is 1. The number of hydrogen-bond donors (Lipinski definition) is 1. The van der Waals surface area contributed by atoms with Gasteiger partial charge >= 0.3 is 0 Å². The zero-order valence-electron chi connectivity index (χ0n) is 10.9. The molecule has 2 heterocycles. The van der Waals surface area contributed by atoms with Crippen LogP contribution < -0.4 is 5.32 Å². The van der Waals surface area contributed by atoms with Crippen LogP contribution in [0.5, 0.6) is 0 Å². The van der Waals surface area contributed by atoms with Gasteiger partial charge in [0.1, 0.15) is 0 Å². The summed E-state index contributed by atoms with van der Waals surface area (Å²) < 4.78 is 7.58. The first-order valence-corrected chi connectivity index (χ1v) is 6.62. The molecule has 0 radical (unpaired) electrons. The SMILES string of the molecule is CC(C)CCNc1cnn(CC2CCCO2)c1. The summed E-state index contributed by atoms with van der Waals surface area (Å²) in [6.45, 7) is 7.28. The Kier molecular flexibility index (Phi) is 4.42. The van der Waals surface area contributed by atoms with Crippen molar-refractivity contribution in [1.82, 2.24) is 9.78 Å².